The van der Waals surface area contributed by atoms with Crippen molar-refractivity contribution in [3.63, 3.8) is 0 Å². The molecule has 0 saturated heterocycles. The Hall–Kier alpha value is -1.97. The molecule has 0 aliphatic heterocycles. The summed E-state index contributed by atoms with van der Waals surface area (Å²) in [6, 6.07) is 5.31. The van der Waals surface area contributed by atoms with Gasteiger partial charge in [-0.1, -0.05) is 40.8 Å². The summed E-state index contributed by atoms with van der Waals surface area (Å²) in [5, 5.41) is 15.2. The number of anilines is 1. The topological polar surface area (TPSA) is 89.3 Å². The summed E-state index contributed by atoms with van der Waals surface area (Å²) < 4.78 is 1.78. The molecule has 0 bridgehead atoms. The summed E-state index contributed by atoms with van der Waals surface area (Å²) in [6.07, 6.45) is 0. The number of carbonyl (C=O) groups is 1. The third-order valence-electron chi connectivity index (χ3n) is 3.13. The van der Waals surface area contributed by atoms with E-state index in [4.69, 9.17) is 11.6 Å². The summed E-state index contributed by atoms with van der Waals surface area (Å²) >= 11 is 8.38. The fourth-order valence-electron chi connectivity index (χ4n) is 1.88. The predicted octanol–water partition coefficient (Wildman–Crippen LogP) is 2.55. The molecule has 0 saturated carbocycles. The molecule has 0 aliphatic rings. The first-order valence-electron chi connectivity index (χ1n) is 6.86. The Bertz CT molecular complexity index is 985. The van der Waals surface area contributed by atoms with E-state index in [0.29, 0.717) is 20.0 Å². The highest BCUT2D eigenvalue weighted by molar-refractivity contribution is 8.01. The molecule has 3 rings (SSSR count). The Morgan fingerprint density at radius 1 is 1.38 bits per heavy atom. The van der Waals surface area contributed by atoms with Crippen LogP contribution in [-0.2, 0) is 4.79 Å². The van der Waals surface area contributed by atoms with Gasteiger partial charge in [0.1, 0.15) is 5.69 Å². The van der Waals surface area contributed by atoms with Crippen LogP contribution < -0.4 is 10.9 Å². The van der Waals surface area contributed by atoms with Crippen LogP contribution in [0.5, 0.6) is 0 Å². The Kier molecular flexibility index (Phi) is 4.83. The molecule has 0 radical (unpaired) electrons. The van der Waals surface area contributed by atoms with Crippen LogP contribution in [0.25, 0.3) is 4.96 Å². The van der Waals surface area contributed by atoms with Gasteiger partial charge in [0, 0.05) is 10.7 Å². The summed E-state index contributed by atoms with van der Waals surface area (Å²) in [6.45, 7) is 3.47. The standard InChI is InChI=1S/C14H12ClN5O2S2/c1-7-3-4-9(15)5-10(7)16-11(21)6-23-14-19-20-12(22)8(2)17-18-13(20)24-14/h3-5H,6H2,1-2H3,(H,16,21). The van der Waals surface area contributed by atoms with Gasteiger partial charge >= 0.3 is 0 Å². The maximum Gasteiger partial charge on any atom is 0.296 e. The lowest BCUT2D eigenvalue weighted by Gasteiger charge is -2.07. The van der Waals surface area contributed by atoms with Crippen molar-refractivity contribution in [2.45, 2.75) is 18.2 Å². The number of thioether (sulfide) groups is 1. The molecule has 3 aromatic rings. The normalized spacial score (nSPS) is 11.0. The zero-order chi connectivity index (χ0) is 17.3. The van der Waals surface area contributed by atoms with Gasteiger partial charge in [-0.05, 0) is 31.5 Å². The highest BCUT2D eigenvalue weighted by Crippen LogP contribution is 2.24. The molecule has 2 aromatic heterocycles. The number of rotatable bonds is 4. The van der Waals surface area contributed by atoms with Gasteiger partial charge < -0.3 is 5.32 Å². The molecule has 0 atom stereocenters. The number of carbonyl (C=O) groups excluding carboxylic acids is 1. The van der Waals surface area contributed by atoms with E-state index in [0.717, 1.165) is 5.56 Å². The van der Waals surface area contributed by atoms with Gasteiger partial charge in [0.2, 0.25) is 10.9 Å². The van der Waals surface area contributed by atoms with Gasteiger partial charge in [0.05, 0.1) is 5.75 Å². The second-order valence-electron chi connectivity index (χ2n) is 4.95. The van der Waals surface area contributed by atoms with Gasteiger partial charge in [0.15, 0.2) is 4.34 Å². The summed E-state index contributed by atoms with van der Waals surface area (Å²) in [7, 11) is 0. The molecule has 0 fully saturated rings. The number of hydrogen-bond donors (Lipinski definition) is 1. The van der Waals surface area contributed by atoms with Crippen LogP contribution in [0.2, 0.25) is 5.02 Å². The minimum absolute atomic E-state index is 0.160. The van der Waals surface area contributed by atoms with E-state index in [2.05, 4.69) is 20.6 Å². The number of hydrogen-bond acceptors (Lipinski definition) is 7. The Morgan fingerprint density at radius 3 is 2.96 bits per heavy atom. The van der Waals surface area contributed by atoms with Gasteiger partial charge in [-0.25, -0.2) is 0 Å². The van der Waals surface area contributed by atoms with Crippen molar-refractivity contribution in [3.05, 3.63) is 44.8 Å². The number of halogens is 1. The second kappa shape index (κ2) is 6.88. The number of aryl methyl sites for hydroxylation is 2. The fourth-order valence-corrected chi connectivity index (χ4v) is 3.72. The van der Waals surface area contributed by atoms with Crippen LogP contribution in [0.15, 0.2) is 27.3 Å². The summed E-state index contributed by atoms with van der Waals surface area (Å²) in [4.78, 5) is 24.4. The lowest BCUT2D eigenvalue weighted by atomic mass is 10.2. The number of fused-ring (bicyclic) bond motifs is 1. The summed E-state index contributed by atoms with van der Waals surface area (Å²) in [5.41, 5.74) is 1.58. The molecule has 1 N–H and O–H groups in total. The van der Waals surface area contributed by atoms with Crippen LogP contribution in [0.1, 0.15) is 11.3 Å². The van der Waals surface area contributed by atoms with E-state index in [1.165, 1.54) is 27.6 Å². The Balaban J connectivity index is 1.69. The largest absolute Gasteiger partial charge is 0.325 e. The van der Waals surface area contributed by atoms with Crippen molar-refractivity contribution >= 4 is 51.3 Å². The van der Waals surface area contributed by atoms with Crippen molar-refractivity contribution in [3.8, 4) is 0 Å². The Morgan fingerprint density at radius 2 is 2.17 bits per heavy atom. The van der Waals surface area contributed by atoms with E-state index in [1.54, 1.807) is 19.1 Å². The van der Waals surface area contributed by atoms with Gasteiger partial charge in [-0.15, -0.1) is 15.3 Å². The molecular weight excluding hydrogens is 370 g/mol. The number of aromatic nitrogens is 4. The van der Waals surface area contributed by atoms with E-state index >= 15 is 0 Å². The molecular formula is C14H12ClN5O2S2. The SMILES string of the molecule is Cc1ccc(Cl)cc1NC(=O)CSc1nn2c(=O)c(C)nnc2s1. The molecule has 2 heterocycles. The van der Waals surface area contributed by atoms with Crippen LogP contribution in [0.3, 0.4) is 0 Å². The number of benzene rings is 1. The Labute approximate surface area is 150 Å². The van der Waals surface area contributed by atoms with Crippen molar-refractivity contribution in [1.29, 1.82) is 0 Å². The molecule has 7 nitrogen and oxygen atoms in total. The molecule has 1 aromatic carbocycles. The highest BCUT2D eigenvalue weighted by Gasteiger charge is 2.12. The van der Waals surface area contributed by atoms with Crippen molar-refractivity contribution in [2.75, 3.05) is 11.1 Å². The van der Waals surface area contributed by atoms with Gasteiger partial charge in [-0.2, -0.15) is 4.52 Å². The van der Waals surface area contributed by atoms with Crippen LogP contribution in [0, 0.1) is 13.8 Å². The maximum atomic E-state index is 12.1. The fraction of sp³-hybridized carbons (Fsp3) is 0.214. The molecule has 24 heavy (non-hydrogen) atoms. The average Bonchev–Trinajstić information content (AvgIpc) is 2.97. The van der Waals surface area contributed by atoms with Crippen molar-refractivity contribution < 1.29 is 4.79 Å². The van der Waals surface area contributed by atoms with Crippen LogP contribution >= 0.6 is 34.7 Å². The van der Waals surface area contributed by atoms with Crippen LogP contribution in [0.4, 0.5) is 5.69 Å². The minimum Gasteiger partial charge on any atom is -0.325 e. The maximum absolute atomic E-state index is 12.1. The average molecular weight is 382 g/mol. The molecule has 0 unspecified atom stereocenters. The molecule has 10 heteroatoms. The lowest BCUT2D eigenvalue weighted by molar-refractivity contribution is -0.113. The lowest BCUT2D eigenvalue weighted by Crippen LogP contribution is -2.19. The zero-order valence-electron chi connectivity index (χ0n) is 12.7. The monoisotopic (exact) mass is 381 g/mol. The van der Waals surface area contributed by atoms with Crippen molar-refractivity contribution in [2.24, 2.45) is 0 Å². The van der Waals surface area contributed by atoms with E-state index in [1.807, 2.05) is 13.0 Å². The molecule has 124 valence electrons. The molecule has 1 amide bonds. The quantitative estimate of drug-likeness (QED) is 0.698. The summed E-state index contributed by atoms with van der Waals surface area (Å²) in [5.74, 6) is -0.0216. The second-order valence-corrected chi connectivity index (χ2v) is 7.56. The highest BCUT2D eigenvalue weighted by atomic mass is 35.5. The third-order valence-corrected chi connectivity index (χ3v) is 5.40. The molecule has 0 spiro atoms. The van der Waals surface area contributed by atoms with E-state index < -0.39 is 0 Å². The van der Waals surface area contributed by atoms with Gasteiger partial charge in [0.25, 0.3) is 5.56 Å². The predicted molar refractivity (Wildman–Crippen MR) is 95.2 cm³/mol. The van der Waals surface area contributed by atoms with Crippen molar-refractivity contribution in [1.82, 2.24) is 19.8 Å². The third kappa shape index (κ3) is 3.58. The van der Waals surface area contributed by atoms with E-state index in [-0.39, 0.29) is 22.9 Å². The van der Waals surface area contributed by atoms with Gasteiger partial charge in [-0.3, -0.25) is 9.59 Å². The smallest absolute Gasteiger partial charge is 0.296 e. The first-order valence-corrected chi connectivity index (χ1v) is 9.04. The van der Waals surface area contributed by atoms with E-state index in [9.17, 15) is 9.59 Å². The number of nitrogens with zero attached hydrogens (tertiary/aromatic N) is 4. The number of amides is 1. The molecule has 0 aliphatic carbocycles. The first-order chi connectivity index (χ1) is 11.4. The first kappa shape index (κ1) is 16.9. The van der Waals surface area contributed by atoms with Crippen LogP contribution in [-0.4, -0.2) is 31.5 Å². The number of nitrogens with one attached hydrogen (secondary N) is 1. The zero-order valence-corrected chi connectivity index (χ0v) is 15.1. The minimum atomic E-state index is -0.304.